The van der Waals surface area contributed by atoms with Crippen molar-refractivity contribution < 1.29 is 9.90 Å². The third-order valence-electron chi connectivity index (χ3n) is 6.50. The van der Waals surface area contributed by atoms with Gasteiger partial charge < -0.3 is 5.11 Å². The lowest BCUT2D eigenvalue weighted by molar-refractivity contribution is -0.141. The minimum Gasteiger partial charge on any atom is -0.481 e. The molecule has 0 aromatic heterocycles. The van der Waals surface area contributed by atoms with Gasteiger partial charge >= 0.3 is 5.97 Å². The first-order chi connectivity index (χ1) is 14.4. The lowest BCUT2D eigenvalue weighted by Gasteiger charge is -2.21. The highest BCUT2D eigenvalue weighted by molar-refractivity contribution is 5.69. The van der Waals surface area contributed by atoms with Gasteiger partial charge in [0.05, 0.1) is 5.92 Å². The molecule has 0 saturated carbocycles. The Hall–Kier alpha value is -0.790. The molecular weight excluding hydrogens is 368 g/mol. The normalized spacial score (nSPS) is 15.9. The Kier molecular flexibility index (Phi) is 19.6. The molecule has 2 heteroatoms. The van der Waals surface area contributed by atoms with Crippen LogP contribution in [-0.2, 0) is 4.79 Å². The average Bonchev–Trinajstić information content (AvgIpc) is 2.67. The Labute approximate surface area is 189 Å². The molecule has 30 heavy (non-hydrogen) atoms. The van der Waals surface area contributed by atoms with Gasteiger partial charge in [0.2, 0.25) is 0 Å². The van der Waals surface area contributed by atoms with Crippen LogP contribution in [0.5, 0.6) is 0 Å². The van der Waals surface area contributed by atoms with Crippen LogP contribution >= 0.6 is 0 Å². The van der Waals surface area contributed by atoms with E-state index in [2.05, 4.69) is 39.8 Å². The van der Waals surface area contributed by atoms with Gasteiger partial charge in [-0.25, -0.2) is 0 Å². The highest BCUT2D eigenvalue weighted by atomic mass is 16.4. The average molecular weight is 423 g/mol. The Balaban J connectivity index is 3.53. The van der Waals surface area contributed by atoms with E-state index in [1.54, 1.807) is 0 Å². The molecular formula is C28H54O2. The second-order valence-corrected chi connectivity index (χ2v) is 10.3. The fraction of sp³-hybridized carbons (Fsp3) is 0.893. The van der Waals surface area contributed by atoms with E-state index in [1.807, 2.05) is 6.92 Å². The van der Waals surface area contributed by atoms with E-state index in [4.69, 9.17) is 5.11 Å². The summed E-state index contributed by atoms with van der Waals surface area (Å²) in [6.45, 7) is 11.1. The minimum absolute atomic E-state index is 0.212. The van der Waals surface area contributed by atoms with Crippen LogP contribution in [0.1, 0.15) is 137 Å². The molecule has 2 nitrogen and oxygen atoms in total. The van der Waals surface area contributed by atoms with Crippen LogP contribution in [0.3, 0.4) is 0 Å². The molecule has 0 rings (SSSR count). The molecule has 0 heterocycles. The van der Waals surface area contributed by atoms with Crippen molar-refractivity contribution >= 4 is 5.97 Å². The van der Waals surface area contributed by atoms with Crippen molar-refractivity contribution in [1.82, 2.24) is 0 Å². The minimum atomic E-state index is -0.655. The van der Waals surface area contributed by atoms with Crippen LogP contribution < -0.4 is 0 Å². The van der Waals surface area contributed by atoms with Crippen molar-refractivity contribution in [3.63, 3.8) is 0 Å². The smallest absolute Gasteiger partial charge is 0.306 e. The van der Waals surface area contributed by atoms with Crippen LogP contribution in [0.2, 0.25) is 0 Å². The maximum atomic E-state index is 11.0. The van der Waals surface area contributed by atoms with Gasteiger partial charge in [-0.2, -0.15) is 0 Å². The summed E-state index contributed by atoms with van der Waals surface area (Å²) in [7, 11) is 0. The summed E-state index contributed by atoms with van der Waals surface area (Å²) >= 11 is 0. The van der Waals surface area contributed by atoms with E-state index >= 15 is 0 Å². The van der Waals surface area contributed by atoms with E-state index in [0.717, 1.165) is 18.8 Å². The zero-order valence-electron chi connectivity index (χ0n) is 21.1. The monoisotopic (exact) mass is 422 g/mol. The molecule has 0 aliphatic carbocycles. The molecule has 0 aromatic carbocycles. The van der Waals surface area contributed by atoms with Gasteiger partial charge in [-0.05, 0) is 62.7 Å². The highest BCUT2D eigenvalue weighted by Gasteiger charge is 2.18. The Morgan fingerprint density at radius 3 is 1.70 bits per heavy atom. The van der Waals surface area contributed by atoms with Gasteiger partial charge in [0.1, 0.15) is 0 Å². The summed E-state index contributed by atoms with van der Waals surface area (Å²) in [6.07, 6.45) is 25.7. The molecule has 0 aliphatic heterocycles. The second kappa shape index (κ2) is 20.1. The van der Waals surface area contributed by atoms with Gasteiger partial charge in [0, 0.05) is 0 Å². The molecule has 0 aromatic rings. The lowest BCUT2D eigenvalue weighted by atomic mass is 9.84. The molecule has 1 N–H and O–H groups in total. The second-order valence-electron chi connectivity index (χ2n) is 10.3. The summed E-state index contributed by atoms with van der Waals surface area (Å²) in [5, 5.41) is 9.06. The SMILES string of the molecule is CCCCCC/C=C/CCCCCCCCC(C)CC(C)CC(C)CC(C)C(=O)O. The van der Waals surface area contributed by atoms with Crippen molar-refractivity contribution in [2.24, 2.45) is 23.7 Å². The Bertz CT molecular complexity index is 415. The summed E-state index contributed by atoms with van der Waals surface area (Å²) in [5.74, 6) is 1.14. The molecule has 0 fully saturated rings. The number of aliphatic carboxylic acids is 1. The number of rotatable bonds is 21. The number of unbranched alkanes of at least 4 members (excludes halogenated alkanes) is 10. The zero-order valence-corrected chi connectivity index (χ0v) is 21.1. The van der Waals surface area contributed by atoms with E-state index in [9.17, 15) is 4.79 Å². The maximum absolute atomic E-state index is 11.0. The third-order valence-corrected chi connectivity index (χ3v) is 6.50. The number of allylic oxidation sites excluding steroid dienone is 2. The van der Waals surface area contributed by atoms with Crippen molar-refractivity contribution in [2.45, 2.75) is 137 Å². The van der Waals surface area contributed by atoms with Crippen LogP contribution in [0.25, 0.3) is 0 Å². The molecule has 0 saturated heterocycles. The van der Waals surface area contributed by atoms with Crippen molar-refractivity contribution in [1.29, 1.82) is 0 Å². The van der Waals surface area contributed by atoms with Gasteiger partial charge in [-0.15, -0.1) is 0 Å². The van der Waals surface area contributed by atoms with Crippen molar-refractivity contribution in [3.8, 4) is 0 Å². The van der Waals surface area contributed by atoms with Crippen molar-refractivity contribution in [2.75, 3.05) is 0 Å². The first-order valence-electron chi connectivity index (χ1n) is 13.2. The Morgan fingerprint density at radius 1 is 0.667 bits per heavy atom. The number of carbonyl (C=O) groups is 1. The van der Waals surface area contributed by atoms with E-state index < -0.39 is 5.97 Å². The number of carboxylic acid groups (broad SMARTS) is 1. The Morgan fingerprint density at radius 2 is 1.13 bits per heavy atom. The number of hydrogen-bond acceptors (Lipinski definition) is 1. The zero-order chi connectivity index (χ0) is 22.6. The van der Waals surface area contributed by atoms with Crippen LogP contribution in [0.15, 0.2) is 12.2 Å². The standard InChI is InChI=1S/C28H54O2/c1-6-7-8-9-10-11-12-13-14-15-16-17-18-19-20-24(2)21-25(3)22-26(4)23-27(5)28(29)30/h11-12,24-27H,6-10,13-23H2,1-5H3,(H,29,30)/b12-11+. The highest BCUT2D eigenvalue weighted by Crippen LogP contribution is 2.26. The van der Waals surface area contributed by atoms with Crippen LogP contribution in [-0.4, -0.2) is 11.1 Å². The summed E-state index contributed by atoms with van der Waals surface area (Å²) in [4.78, 5) is 11.0. The number of carboxylic acids is 1. The first kappa shape index (κ1) is 29.2. The molecule has 0 spiro atoms. The van der Waals surface area contributed by atoms with Gasteiger partial charge in [0.15, 0.2) is 0 Å². The largest absolute Gasteiger partial charge is 0.481 e. The predicted octanol–water partition coefficient (Wildman–Crippen LogP) is 9.43. The fourth-order valence-electron chi connectivity index (χ4n) is 4.78. The van der Waals surface area contributed by atoms with Gasteiger partial charge in [-0.1, -0.05) is 105 Å². The van der Waals surface area contributed by atoms with Crippen LogP contribution in [0.4, 0.5) is 0 Å². The summed E-state index contributed by atoms with van der Waals surface area (Å²) < 4.78 is 0. The quantitative estimate of drug-likeness (QED) is 0.148. The number of hydrogen-bond donors (Lipinski definition) is 1. The predicted molar refractivity (Wildman–Crippen MR) is 133 cm³/mol. The summed E-state index contributed by atoms with van der Waals surface area (Å²) in [5.41, 5.74) is 0. The molecule has 4 unspecified atom stereocenters. The molecule has 178 valence electrons. The third kappa shape index (κ3) is 19.2. The maximum Gasteiger partial charge on any atom is 0.306 e. The summed E-state index contributed by atoms with van der Waals surface area (Å²) in [6, 6.07) is 0. The van der Waals surface area contributed by atoms with Gasteiger partial charge in [0.25, 0.3) is 0 Å². The molecule has 0 radical (unpaired) electrons. The molecule has 4 atom stereocenters. The molecule has 0 amide bonds. The fourth-order valence-corrected chi connectivity index (χ4v) is 4.78. The van der Waals surface area contributed by atoms with Gasteiger partial charge in [-0.3, -0.25) is 4.79 Å². The topological polar surface area (TPSA) is 37.3 Å². The molecule has 0 bridgehead atoms. The first-order valence-corrected chi connectivity index (χ1v) is 13.2. The lowest BCUT2D eigenvalue weighted by Crippen LogP contribution is -2.15. The van der Waals surface area contributed by atoms with E-state index in [-0.39, 0.29) is 5.92 Å². The van der Waals surface area contributed by atoms with Crippen LogP contribution in [0, 0.1) is 23.7 Å². The molecule has 0 aliphatic rings. The van der Waals surface area contributed by atoms with Crippen molar-refractivity contribution in [3.05, 3.63) is 12.2 Å². The van der Waals surface area contributed by atoms with E-state index in [1.165, 1.54) is 89.9 Å². The van der Waals surface area contributed by atoms with E-state index in [0.29, 0.717) is 11.8 Å².